The second-order valence-electron chi connectivity index (χ2n) is 3.11. The van der Waals surface area contributed by atoms with Crippen molar-refractivity contribution in [3.8, 4) is 0 Å². The summed E-state index contributed by atoms with van der Waals surface area (Å²) in [5.41, 5.74) is 2.28. The third-order valence-electron chi connectivity index (χ3n) is 2.01. The number of carbonyl (C=O) groups is 1. The monoisotopic (exact) mass is 205 g/mol. The fourth-order valence-electron chi connectivity index (χ4n) is 1.24. The minimum Gasteiger partial charge on any atom is -0.462 e. The van der Waals surface area contributed by atoms with Gasteiger partial charge in [-0.15, -0.1) is 0 Å². The van der Waals surface area contributed by atoms with E-state index >= 15 is 0 Å². The van der Waals surface area contributed by atoms with Gasteiger partial charge in [0, 0.05) is 17.5 Å². The highest BCUT2D eigenvalue weighted by Gasteiger charge is 2.11. The van der Waals surface area contributed by atoms with Crippen LogP contribution >= 0.6 is 0 Å². The van der Waals surface area contributed by atoms with E-state index < -0.39 is 0 Å². The molecule has 0 atom stereocenters. The standard InChI is InChI=1S/C12H15NO2/c1-4-11(12(14)15-5-2)10-7-6-9(3)13-8-10/h4,6-8H,5H2,1-3H3/b11-4-. The Bertz CT molecular complexity index is 366. The maximum Gasteiger partial charge on any atom is 0.338 e. The number of nitrogens with zero attached hydrogens (tertiary/aromatic N) is 1. The van der Waals surface area contributed by atoms with Crippen molar-refractivity contribution >= 4 is 11.5 Å². The van der Waals surface area contributed by atoms with Crippen LogP contribution in [0.3, 0.4) is 0 Å². The molecule has 0 saturated carbocycles. The number of esters is 1. The van der Waals surface area contributed by atoms with Crippen molar-refractivity contribution < 1.29 is 9.53 Å². The molecule has 0 saturated heterocycles. The van der Waals surface area contributed by atoms with Crippen molar-refractivity contribution in [1.29, 1.82) is 0 Å². The molecule has 0 amide bonds. The molecule has 1 aromatic heterocycles. The topological polar surface area (TPSA) is 39.2 Å². The highest BCUT2D eigenvalue weighted by Crippen LogP contribution is 2.15. The summed E-state index contributed by atoms with van der Waals surface area (Å²) in [4.78, 5) is 15.7. The van der Waals surface area contributed by atoms with Gasteiger partial charge in [-0.3, -0.25) is 4.98 Å². The van der Waals surface area contributed by atoms with Crippen molar-refractivity contribution in [2.75, 3.05) is 6.61 Å². The lowest BCUT2D eigenvalue weighted by atomic mass is 10.1. The van der Waals surface area contributed by atoms with Crippen LogP contribution in [0, 0.1) is 6.92 Å². The third kappa shape index (κ3) is 2.91. The van der Waals surface area contributed by atoms with Gasteiger partial charge in [0.1, 0.15) is 0 Å². The normalized spacial score (nSPS) is 11.3. The van der Waals surface area contributed by atoms with Gasteiger partial charge in [0.15, 0.2) is 0 Å². The molecule has 1 heterocycles. The number of carbonyl (C=O) groups excluding carboxylic acids is 1. The summed E-state index contributed by atoms with van der Waals surface area (Å²) >= 11 is 0. The van der Waals surface area contributed by atoms with Gasteiger partial charge in [0.05, 0.1) is 12.2 Å². The molecule has 0 N–H and O–H groups in total. The van der Waals surface area contributed by atoms with Crippen molar-refractivity contribution in [2.45, 2.75) is 20.8 Å². The Hall–Kier alpha value is -1.64. The highest BCUT2D eigenvalue weighted by atomic mass is 16.5. The Morgan fingerprint density at radius 2 is 2.27 bits per heavy atom. The van der Waals surface area contributed by atoms with Crippen LogP contribution < -0.4 is 0 Å². The van der Waals surface area contributed by atoms with Gasteiger partial charge < -0.3 is 4.74 Å². The van der Waals surface area contributed by atoms with Gasteiger partial charge in [0.2, 0.25) is 0 Å². The van der Waals surface area contributed by atoms with Crippen LogP contribution in [0.1, 0.15) is 25.1 Å². The predicted octanol–water partition coefficient (Wildman–Crippen LogP) is 2.36. The Morgan fingerprint density at radius 3 is 2.73 bits per heavy atom. The number of allylic oxidation sites excluding steroid dienone is 1. The van der Waals surface area contributed by atoms with Crippen LogP contribution in [-0.2, 0) is 9.53 Å². The van der Waals surface area contributed by atoms with E-state index in [1.807, 2.05) is 26.0 Å². The molecule has 1 rings (SSSR count). The molecule has 0 fully saturated rings. The number of hydrogen-bond acceptors (Lipinski definition) is 3. The molecule has 0 unspecified atom stereocenters. The number of pyridine rings is 1. The molecule has 3 nitrogen and oxygen atoms in total. The van der Waals surface area contributed by atoms with Gasteiger partial charge in [0.25, 0.3) is 0 Å². The second-order valence-corrected chi connectivity index (χ2v) is 3.11. The SMILES string of the molecule is C/C=C(\C(=O)OCC)c1ccc(C)nc1. The molecular formula is C12H15NO2. The van der Waals surface area contributed by atoms with Crippen LogP contribution in [0.15, 0.2) is 24.4 Å². The first-order valence-corrected chi connectivity index (χ1v) is 4.95. The van der Waals surface area contributed by atoms with Crippen LogP contribution in [0.2, 0.25) is 0 Å². The molecule has 0 bridgehead atoms. The predicted molar refractivity (Wildman–Crippen MR) is 59.3 cm³/mol. The van der Waals surface area contributed by atoms with Gasteiger partial charge in [-0.05, 0) is 26.8 Å². The molecule has 15 heavy (non-hydrogen) atoms. The molecule has 0 aliphatic rings. The molecule has 0 aliphatic heterocycles. The van der Waals surface area contributed by atoms with Gasteiger partial charge in [-0.25, -0.2) is 4.79 Å². The van der Waals surface area contributed by atoms with E-state index in [-0.39, 0.29) is 5.97 Å². The first kappa shape index (κ1) is 11.4. The van der Waals surface area contributed by atoms with Gasteiger partial charge in [-0.2, -0.15) is 0 Å². The van der Waals surface area contributed by atoms with E-state index in [1.165, 1.54) is 0 Å². The summed E-state index contributed by atoms with van der Waals surface area (Å²) in [6.45, 7) is 5.89. The number of hydrogen-bond donors (Lipinski definition) is 0. The fraction of sp³-hybridized carbons (Fsp3) is 0.333. The molecule has 0 aromatic carbocycles. The summed E-state index contributed by atoms with van der Waals surface area (Å²) in [5, 5.41) is 0. The van der Waals surface area contributed by atoms with Crippen molar-refractivity contribution in [2.24, 2.45) is 0 Å². The summed E-state index contributed by atoms with van der Waals surface area (Å²) in [6.07, 6.45) is 3.42. The quantitative estimate of drug-likeness (QED) is 0.561. The van der Waals surface area contributed by atoms with E-state index in [0.717, 1.165) is 11.3 Å². The molecule has 3 heteroatoms. The Labute approximate surface area is 89.8 Å². The Balaban J connectivity index is 2.94. The largest absolute Gasteiger partial charge is 0.462 e. The van der Waals surface area contributed by atoms with E-state index in [1.54, 1.807) is 19.2 Å². The Kier molecular flexibility index (Phi) is 4.03. The highest BCUT2D eigenvalue weighted by molar-refractivity contribution is 6.16. The zero-order chi connectivity index (χ0) is 11.3. The summed E-state index contributed by atoms with van der Waals surface area (Å²) in [6, 6.07) is 3.74. The zero-order valence-corrected chi connectivity index (χ0v) is 9.28. The van der Waals surface area contributed by atoms with Crippen molar-refractivity contribution in [3.05, 3.63) is 35.7 Å². The number of aryl methyl sites for hydroxylation is 1. The summed E-state index contributed by atoms with van der Waals surface area (Å²) < 4.78 is 4.94. The van der Waals surface area contributed by atoms with Crippen LogP contribution in [0.25, 0.3) is 5.57 Å². The zero-order valence-electron chi connectivity index (χ0n) is 9.28. The van der Waals surface area contributed by atoms with Crippen molar-refractivity contribution in [1.82, 2.24) is 4.98 Å². The van der Waals surface area contributed by atoms with Crippen LogP contribution in [0.4, 0.5) is 0 Å². The van der Waals surface area contributed by atoms with Crippen LogP contribution in [0.5, 0.6) is 0 Å². The van der Waals surface area contributed by atoms with E-state index in [0.29, 0.717) is 12.2 Å². The first-order chi connectivity index (χ1) is 7.19. The van der Waals surface area contributed by atoms with Gasteiger partial charge >= 0.3 is 5.97 Å². The second kappa shape index (κ2) is 5.29. The lowest BCUT2D eigenvalue weighted by molar-refractivity contribution is -0.136. The summed E-state index contributed by atoms with van der Waals surface area (Å²) in [5.74, 6) is -0.300. The number of rotatable bonds is 3. The van der Waals surface area contributed by atoms with Crippen molar-refractivity contribution in [3.63, 3.8) is 0 Å². The fourth-order valence-corrected chi connectivity index (χ4v) is 1.24. The molecule has 0 aliphatic carbocycles. The summed E-state index contributed by atoms with van der Waals surface area (Å²) in [7, 11) is 0. The molecule has 80 valence electrons. The third-order valence-corrected chi connectivity index (χ3v) is 2.01. The van der Waals surface area contributed by atoms with Gasteiger partial charge in [-0.1, -0.05) is 12.1 Å². The van der Waals surface area contributed by atoms with E-state index in [2.05, 4.69) is 4.98 Å². The number of aromatic nitrogens is 1. The maximum absolute atomic E-state index is 11.5. The maximum atomic E-state index is 11.5. The average Bonchev–Trinajstić information content (AvgIpc) is 2.22. The minimum atomic E-state index is -0.300. The molecule has 0 spiro atoms. The smallest absolute Gasteiger partial charge is 0.338 e. The van der Waals surface area contributed by atoms with E-state index in [9.17, 15) is 4.79 Å². The molecule has 0 radical (unpaired) electrons. The molecular weight excluding hydrogens is 190 g/mol. The lowest BCUT2D eigenvalue weighted by Gasteiger charge is -2.06. The lowest BCUT2D eigenvalue weighted by Crippen LogP contribution is -2.06. The average molecular weight is 205 g/mol. The van der Waals surface area contributed by atoms with E-state index in [4.69, 9.17) is 4.74 Å². The molecule has 1 aromatic rings. The first-order valence-electron chi connectivity index (χ1n) is 4.95. The minimum absolute atomic E-state index is 0.300. The van der Waals surface area contributed by atoms with Crippen LogP contribution in [-0.4, -0.2) is 17.6 Å². The Morgan fingerprint density at radius 1 is 1.53 bits per heavy atom. The number of ether oxygens (including phenoxy) is 1.